The highest BCUT2D eigenvalue weighted by atomic mass is 16.3. The highest BCUT2D eigenvalue weighted by molar-refractivity contribution is 6.46. The van der Waals surface area contributed by atoms with Gasteiger partial charge in [0.25, 0.3) is 11.7 Å². The lowest BCUT2D eigenvalue weighted by Gasteiger charge is -2.26. The van der Waals surface area contributed by atoms with Crippen LogP contribution in [0.2, 0.25) is 0 Å². The summed E-state index contributed by atoms with van der Waals surface area (Å²) in [6.45, 7) is 3.25. The molecule has 1 saturated heterocycles. The summed E-state index contributed by atoms with van der Waals surface area (Å²) >= 11 is 0. The summed E-state index contributed by atoms with van der Waals surface area (Å²) < 4.78 is 0. The molecular formula is C23H26N2O3. The maximum Gasteiger partial charge on any atom is 0.295 e. The molecule has 1 atom stereocenters. The standard InChI is InChI=1S/C23H26N2O3/c1-16-10-12-17(13-11-16)20-19(21(26)18-8-5-4-6-9-18)22(27)23(28)25(20)15-7-14-24(2)3/h4-6,8-13,20,26H,7,14-15H2,1-3H3/t20-/m1/s1. The van der Waals surface area contributed by atoms with Crippen molar-refractivity contribution in [2.45, 2.75) is 19.4 Å². The summed E-state index contributed by atoms with van der Waals surface area (Å²) in [4.78, 5) is 29.3. The first-order chi connectivity index (χ1) is 13.4. The number of carbonyl (C=O) groups excluding carboxylic acids is 2. The zero-order valence-electron chi connectivity index (χ0n) is 16.6. The number of aliphatic hydroxyl groups is 1. The number of hydrogen-bond acceptors (Lipinski definition) is 4. The van der Waals surface area contributed by atoms with Crippen LogP contribution in [0.3, 0.4) is 0 Å². The molecule has 0 spiro atoms. The SMILES string of the molecule is Cc1ccc([C@@H]2C(=C(O)c3ccccc3)C(=O)C(=O)N2CCCN(C)C)cc1. The topological polar surface area (TPSA) is 60.9 Å². The molecule has 28 heavy (non-hydrogen) atoms. The second-order valence-corrected chi connectivity index (χ2v) is 7.43. The Kier molecular flexibility index (Phi) is 5.95. The van der Waals surface area contributed by atoms with Gasteiger partial charge in [0.2, 0.25) is 0 Å². The van der Waals surface area contributed by atoms with E-state index in [9.17, 15) is 14.7 Å². The van der Waals surface area contributed by atoms with E-state index in [1.54, 1.807) is 29.2 Å². The minimum absolute atomic E-state index is 0.125. The second-order valence-electron chi connectivity index (χ2n) is 7.43. The number of carbonyl (C=O) groups is 2. The van der Waals surface area contributed by atoms with E-state index in [-0.39, 0.29) is 11.3 Å². The first kappa shape index (κ1) is 19.8. The normalized spacial score (nSPS) is 18.9. The summed E-state index contributed by atoms with van der Waals surface area (Å²) in [6, 6.07) is 16.1. The van der Waals surface area contributed by atoms with Crippen LogP contribution < -0.4 is 0 Å². The van der Waals surface area contributed by atoms with Crippen molar-refractivity contribution in [1.82, 2.24) is 9.80 Å². The van der Waals surface area contributed by atoms with E-state index in [4.69, 9.17) is 0 Å². The summed E-state index contributed by atoms with van der Waals surface area (Å²) in [5, 5.41) is 10.9. The molecule has 0 bridgehead atoms. The van der Waals surface area contributed by atoms with E-state index in [1.807, 2.05) is 56.3 Å². The van der Waals surface area contributed by atoms with Crippen molar-refractivity contribution in [3.63, 3.8) is 0 Å². The number of rotatable bonds is 6. The molecule has 2 aromatic carbocycles. The van der Waals surface area contributed by atoms with Crippen molar-refractivity contribution in [1.29, 1.82) is 0 Å². The Labute approximate surface area is 165 Å². The summed E-state index contributed by atoms with van der Waals surface area (Å²) in [6.07, 6.45) is 0.744. The maximum absolute atomic E-state index is 12.9. The number of aryl methyl sites for hydroxylation is 1. The largest absolute Gasteiger partial charge is 0.507 e. The molecular weight excluding hydrogens is 352 g/mol. The smallest absolute Gasteiger partial charge is 0.295 e. The van der Waals surface area contributed by atoms with E-state index in [1.165, 1.54) is 0 Å². The first-order valence-corrected chi connectivity index (χ1v) is 9.45. The Balaban J connectivity index is 2.07. The molecule has 0 saturated carbocycles. The molecule has 0 aliphatic carbocycles. The molecule has 0 radical (unpaired) electrons. The molecule has 0 unspecified atom stereocenters. The Morgan fingerprint density at radius 3 is 2.29 bits per heavy atom. The maximum atomic E-state index is 12.9. The van der Waals surface area contributed by atoms with Crippen molar-refractivity contribution >= 4 is 17.4 Å². The number of hydrogen-bond donors (Lipinski definition) is 1. The van der Waals surface area contributed by atoms with Gasteiger partial charge in [-0.2, -0.15) is 0 Å². The average Bonchev–Trinajstić information content (AvgIpc) is 2.93. The van der Waals surface area contributed by atoms with Crippen LogP contribution in [-0.2, 0) is 9.59 Å². The summed E-state index contributed by atoms with van der Waals surface area (Å²) in [5.74, 6) is -1.31. The van der Waals surface area contributed by atoms with Gasteiger partial charge in [0.1, 0.15) is 5.76 Å². The van der Waals surface area contributed by atoms with Crippen molar-refractivity contribution in [3.05, 3.63) is 76.9 Å². The van der Waals surface area contributed by atoms with E-state index in [2.05, 4.69) is 0 Å². The van der Waals surface area contributed by atoms with Crippen LogP contribution in [0.5, 0.6) is 0 Å². The van der Waals surface area contributed by atoms with Crippen molar-refractivity contribution in [3.8, 4) is 0 Å². The van der Waals surface area contributed by atoms with Crippen LogP contribution >= 0.6 is 0 Å². The first-order valence-electron chi connectivity index (χ1n) is 9.45. The third-order valence-corrected chi connectivity index (χ3v) is 4.98. The van der Waals surface area contributed by atoms with Gasteiger partial charge in [-0.15, -0.1) is 0 Å². The highest BCUT2D eigenvalue weighted by Gasteiger charge is 2.45. The molecule has 0 aromatic heterocycles. The molecule has 2 aromatic rings. The number of aliphatic hydroxyl groups excluding tert-OH is 1. The van der Waals surface area contributed by atoms with Crippen molar-refractivity contribution < 1.29 is 14.7 Å². The predicted molar refractivity (Wildman–Crippen MR) is 110 cm³/mol. The molecule has 5 nitrogen and oxygen atoms in total. The van der Waals surface area contributed by atoms with E-state index < -0.39 is 17.7 Å². The molecule has 1 heterocycles. The molecule has 5 heteroatoms. The van der Waals surface area contributed by atoms with Crippen LogP contribution in [0.15, 0.2) is 60.2 Å². The molecule has 1 aliphatic rings. The number of nitrogens with zero attached hydrogens (tertiary/aromatic N) is 2. The van der Waals surface area contributed by atoms with Crippen molar-refractivity contribution in [2.24, 2.45) is 0 Å². The minimum Gasteiger partial charge on any atom is -0.507 e. The number of amides is 1. The zero-order valence-corrected chi connectivity index (χ0v) is 16.6. The lowest BCUT2D eigenvalue weighted by atomic mass is 9.94. The second kappa shape index (κ2) is 8.40. The Morgan fingerprint density at radius 2 is 1.68 bits per heavy atom. The Morgan fingerprint density at radius 1 is 1.04 bits per heavy atom. The molecule has 1 fully saturated rings. The number of benzene rings is 2. The van der Waals surface area contributed by atoms with Crippen LogP contribution in [0, 0.1) is 6.92 Å². The molecule has 1 aliphatic heterocycles. The van der Waals surface area contributed by atoms with Gasteiger partial charge >= 0.3 is 0 Å². The van der Waals surface area contributed by atoms with Gasteiger partial charge in [-0.3, -0.25) is 9.59 Å². The van der Waals surface area contributed by atoms with Gasteiger partial charge < -0.3 is 14.9 Å². The van der Waals surface area contributed by atoms with Gasteiger partial charge in [0.05, 0.1) is 11.6 Å². The average molecular weight is 378 g/mol. The van der Waals surface area contributed by atoms with Crippen LogP contribution in [0.1, 0.15) is 29.2 Å². The van der Waals surface area contributed by atoms with Gasteiger partial charge in [-0.1, -0.05) is 60.2 Å². The fourth-order valence-corrected chi connectivity index (χ4v) is 3.51. The van der Waals surface area contributed by atoms with E-state index in [0.29, 0.717) is 12.1 Å². The molecule has 146 valence electrons. The third-order valence-electron chi connectivity index (χ3n) is 4.98. The van der Waals surface area contributed by atoms with Crippen LogP contribution in [0.4, 0.5) is 0 Å². The van der Waals surface area contributed by atoms with Gasteiger partial charge in [-0.25, -0.2) is 0 Å². The number of likely N-dealkylation sites (tertiary alicyclic amines) is 1. The number of Topliss-reactive ketones (excluding diaryl/α,β-unsaturated/α-hetero) is 1. The molecule has 3 rings (SSSR count). The van der Waals surface area contributed by atoms with Gasteiger partial charge in [0, 0.05) is 12.1 Å². The monoisotopic (exact) mass is 378 g/mol. The van der Waals surface area contributed by atoms with Crippen LogP contribution in [-0.4, -0.2) is 53.8 Å². The predicted octanol–water partition coefficient (Wildman–Crippen LogP) is 3.37. The van der Waals surface area contributed by atoms with Gasteiger partial charge in [0.15, 0.2) is 0 Å². The fraction of sp³-hybridized carbons (Fsp3) is 0.304. The third kappa shape index (κ3) is 3.99. The van der Waals surface area contributed by atoms with E-state index >= 15 is 0 Å². The highest BCUT2D eigenvalue weighted by Crippen LogP contribution is 2.39. The van der Waals surface area contributed by atoms with Crippen LogP contribution in [0.25, 0.3) is 5.76 Å². The van der Waals surface area contributed by atoms with E-state index in [0.717, 1.165) is 24.1 Å². The molecule has 1 N–H and O–H groups in total. The lowest BCUT2D eigenvalue weighted by Crippen LogP contribution is -2.32. The Bertz CT molecular complexity index is 886. The zero-order chi connectivity index (χ0) is 20.3. The minimum atomic E-state index is -0.628. The quantitative estimate of drug-likeness (QED) is 0.476. The Hall–Kier alpha value is -2.92. The molecule has 1 amide bonds. The summed E-state index contributed by atoms with van der Waals surface area (Å²) in [7, 11) is 3.95. The fourth-order valence-electron chi connectivity index (χ4n) is 3.51. The van der Waals surface area contributed by atoms with Gasteiger partial charge in [-0.05, 0) is 39.5 Å². The summed E-state index contributed by atoms with van der Waals surface area (Å²) in [5.41, 5.74) is 2.61. The van der Waals surface area contributed by atoms with Crippen molar-refractivity contribution in [2.75, 3.05) is 27.2 Å². The number of ketones is 1. The lowest BCUT2D eigenvalue weighted by molar-refractivity contribution is -0.139.